The van der Waals surface area contributed by atoms with E-state index in [0.717, 1.165) is 24.0 Å². The molecule has 0 unspecified atom stereocenters. The highest BCUT2D eigenvalue weighted by atomic mass is 35.5. The molecule has 2 aliphatic heterocycles. The smallest absolute Gasteiger partial charge is 0.230 e. The first-order chi connectivity index (χ1) is 10.5. The predicted molar refractivity (Wildman–Crippen MR) is 89.4 cm³/mol. The zero-order chi connectivity index (χ0) is 15.7. The topological polar surface area (TPSA) is 61.8 Å². The van der Waals surface area contributed by atoms with Gasteiger partial charge < -0.3 is 10.2 Å². The van der Waals surface area contributed by atoms with Crippen LogP contribution >= 0.6 is 23.4 Å². The molecule has 2 heterocycles. The molecule has 1 aromatic rings. The third kappa shape index (κ3) is 3.03. The van der Waals surface area contributed by atoms with Crippen LogP contribution < -0.4 is 5.32 Å². The van der Waals surface area contributed by atoms with E-state index in [1.54, 1.807) is 30.0 Å². The molecule has 1 amide bonds. The van der Waals surface area contributed by atoms with E-state index in [-0.39, 0.29) is 18.1 Å². The molecule has 0 fully saturated rings. The van der Waals surface area contributed by atoms with Crippen LogP contribution in [-0.2, 0) is 4.79 Å². The minimum Gasteiger partial charge on any atom is -0.324 e. The maximum Gasteiger partial charge on any atom is 0.230 e. The lowest BCUT2D eigenvalue weighted by Gasteiger charge is -2.16. The number of fused-ring (bicyclic) bond motifs is 1. The average Bonchev–Trinajstić information content (AvgIpc) is 3.06. The van der Waals surface area contributed by atoms with Gasteiger partial charge in [-0.15, -0.1) is 0 Å². The Bertz CT molecular complexity index is 715. The highest BCUT2D eigenvalue weighted by Gasteiger charge is 2.27. The van der Waals surface area contributed by atoms with Crippen molar-refractivity contribution < 1.29 is 9.59 Å². The number of aliphatic imine (C=N–C) groups is 1. The highest BCUT2D eigenvalue weighted by molar-refractivity contribution is 8.16. The first kappa shape index (κ1) is 15.1. The van der Waals surface area contributed by atoms with Crippen molar-refractivity contribution in [2.75, 3.05) is 18.4 Å². The predicted octanol–water partition coefficient (Wildman–Crippen LogP) is 3.13. The van der Waals surface area contributed by atoms with Crippen molar-refractivity contribution in [2.24, 2.45) is 4.99 Å². The molecule has 0 spiro atoms. The van der Waals surface area contributed by atoms with Crippen molar-refractivity contribution in [3.05, 3.63) is 39.9 Å². The lowest BCUT2D eigenvalue weighted by atomic mass is 10.1. The second-order valence-corrected chi connectivity index (χ2v) is 6.26. The highest BCUT2D eigenvalue weighted by Crippen LogP contribution is 2.31. The van der Waals surface area contributed by atoms with Crippen LogP contribution in [0, 0.1) is 0 Å². The zero-order valence-electron chi connectivity index (χ0n) is 11.9. The Morgan fingerprint density at radius 2 is 2.27 bits per heavy atom. The van der Waals surface area contributed by atoms with Crippen molar-refractivity contribution >= 4 is 45.9 Å². The fourth-order valence-electron chi connectivity index (χ4n) is 2.31. The molecule has 0 aliphatic carbocycles. The lowest BCUT2D eigenvalue weighted by molar-refractivity contribution is -0.115. The van der Waals surface area contributed by atoms with E-state index in [2.05, 4.69) is 15.2 Å². The van der Waals surface area contributed by atoms with Gasteiger partial charge in [-0.1, -0.05) is 23.4 Å². The molecule has 0 aromatic heterocycles. The first-order valence-corrected chi connectivity index (χ1v) is 8.08. The summed E-state index contributed by atoms with van der Waals surface area (Å²) in [7, 11) is 0. The van der Waals surface area contributed by atoms with E-state index < -0.39 is 0 Å². The average molecular weight is 336 g/mol. The van der Waals surface area contributed by atoms with Crippen LogP contribution in [0.25, 0.3) is 0 Å². The SMILES string of the molecule is CC(=O)c1ccc(Cl)c(NC(=O)CC2=CSC3=NCCN23)c1. The van der Waals surface area contributed by atoms with Gasteiger partial charge in [0, 0.05) is 17.8 Å². The number of thioether (sulfide) groups is 1. The second-order valence-electron chi connectivity index (χ2n) is 5.02. The number of benzene rings is 1. The summed E-state index contributed by atoms with van der Waals surface area (Å²) in [6, 6.07) is 4.86. The van der Waals surface area contributed by atoms with Gasteiger partial charge in [-0.05, 0) is 30.5 Å². The number of Topliss-reactive ketones (excluding diaryl/α,β-unsaturated/α-hetero) is 1. The Morgan fingerprint density at radius 1 is 1.45 bits per heavy atom. The molecule has 1 N–H and O–H groups in total. The maximum absolute atomic E-state index is 12.2. The van der Waals surface area contributed by atoms with Gasteiger partial charge in [-0.2, -0.15) is 0 Å². The van der Waals surface area contributed by atoms with Gasteiger partial charge in [0.2, 0.25) is 5.91 Å². The number of anilines is 1. The Labute approximate surface area is 137 Å². The number of rotatable bonds is 4. The fraction of sp³-hybridized carbons (Fsp3) is 0.267. The van der Waals surface area contributed by atoms with Crippen LogP contribution in [0.2, 0.25) is 5.02 Å². The number of hydrogen-bond acceptors (Lipinski definition) is 5. The molecule has 0 atom stereocenters. The molecule has 0 saturated heterocycles. The minimum atomic E-state index is -0.164. The number of carbonyl (C=O) groups excluding carboxylic acids is 2. The van der Waals surface area contributed by atoms with Gasteiger partial charge in [0.1, 0.15) is 0 Å². The van der Waals surface area contributed by atoms with Gasteiger partial charge in [0.15, 0.2) is 11.0 Å². The second kappa shape index (κ2) is 6.14. The molecule has 2 aliphatic rings. The van der Waals surface area contributed by atoms with Crippen LogP contribution in [-0.4, -0.2) is 34.8 Å². The van der Waals surface area contributed by atoms with Crippen LogP contribution in [0.15, 0.2) is 34.3 Å². The quantitative estimate of drug-likeness (QED) is 0.859. The first-order valence-electron chi connectivity index (χ1n) is 6.82. The number of hydrogen-bond donors (Lipinski definition) is 1. The van der Waals surface area contributed by atoms with Crippen LogP contribution in [0.4, 0.5) is 5.69 Å². The van der Waals surface area contributed by atoms with Gasteiger partial charge >= 0.3 is 0 Å². The van der Waals surface area contributed by atoms with E-state index in [0.29, 0.717) is 16.3 Å². The summed E-state index contributed by atoms with van der Waals surface area (Å²) in [6.07, 6.45) is 0.257. The molecular formula is C15H14ClN3O2S. The molecule has 22 heavy (non-hydrogen) atoms. The molecule has 1 aromatic carbocycles. The zero-order valence-corrected chi connectivity index (χ0v) is 13.5. The molecule has 114 valence electrons. The number of halogens is 1. The van der Waals surface area contributed by atoms with Gasteiger partial charge in [0.25, 0.3) is 0 Å². The summed E-state index contributed by atoms with van der Waals surface area (Å²) in [5, 5.41) is 6.09. The van der Waals surface area contributed by atoms with E-state index in [4.69, 9.17) is 11.6 Å². The third-order valence-electron chi connectivity index (χ3n) is 3.44. The lowest BCUT2D eigenvalue weighted by Crippen LogP contribution is -2.24. The summed E-state index contributed by atoms with van der Waals surface area (Å²) in [5.74, 6) is -0.234. The van der Waals surface area contributed by atoms with E-state index in [9.17, 15) is 9.59 Å². The summed E-state index contributed by atoms with van der Waals surface area (Å²) < 4.78 is 0. The van der Waals surface area contributed by atoms with Gasteiger partial charge in [0.05, 0.1) is 23.7 Å². The minimum absolute atomic E-state index is 0.0695. The van der Waals surface area contributed by atoms with Gasteiger partial charge in [-0.3, -0.25) is 14.6 Å². The summed E-state index contributed by atoms with van der Waals surface area (Å²) >= 11 is 7.62. The largest absolute Gasteiger partial charge is 0.324 e. The Balaban J connectivity index is 1.68. The van der Waals surface area contributed by atoms with Gasteiger partial charge in [-0.25, -0.2) is 0 Å². The molecule has 0 saturated carbocycles. The number of amidine groups is 1. The van der Waals surface area contributed by atoms with E-state index in [1.807, 2.05) is 5.41 Å². The number of ketones is 1. The van der Waals surface area contributed by atoms with E-state index in [1.165, 1.54) is 6.92 Å². The van der Waals surface area contributed by atoms with Crippen molar-refractivity contribution in [3.63, 3.8) is 0 Å². The van der Waals surface area contributed by atoms with Crippen molar-refractivity contribution in [1.82, 2.24) is 4.90 Å². The van der Waals surface area contributed by atoms with Crippen molar-refractivity contribution in [3.8, 4) is 0 Å². The molecule has 0 radical (unpaired) electrons. The van der Waals surface area contributed by atoms with Crippen LogP contribution in [0.1, 0.15) is 23.7 Å². The summed E-state index contributed by atoms with van der Waals surface area (Å²) in [4.78, 5) is 30.0. The Hall–Kier alpha value is -1.79. The Morgan fingerprint density at radius 3 is 3.05 bits per heavy atom. The number of nitrogens with zero attached hydrogens (tertiary/aromatic N) is 2. The number of nitrogens with one attached hydrogen (secondary N) is 1. The standard InChI is InChI=1S/C15H14ClN3O2S/c1-9(20)10-2-3-12(16)13(6-10)18-14(21)7-11-8-22-15-17-4-5-19(11)15/h2-3,6,8H,4-5,7H2,1H3,(H,18,21). The molecular weight excluding hydrogens is 322 g/mol. The van der Waals surface area contributed by atoms with Crippen molar-refractivity contribution in [1.29, 1.82) is 0 Å². The fourth-order valence-corrected chi connectivity index (χ4v) is 3.43. The Kier molecular flexibility index (Phi) is 4.22. The third-order valence-corrected chi connectivity index (χ3v) is 4.72. The normalized spacial score (nSPS) is 16.2. The monoisotopic (exact) mass is 335 g/mol. The molecule has 7 heteroatoms. The number of amides is 1. The van der Waals surface area contributed by atoms with Crippen molar-refractivity contribution in [2.45, 2.75) is 13.3 Å². The maximum atomic E-state index is 12.2. The van der Waals surface area contributed by atoms with E-state index >= 15 is 0 Å². The molecule has 0 bridgehead atoms. The molecule has 5 nitrogen and oxygen atoms in total. The number of carbonyl (C=O) groups is 2. The summed E-state index contributed by atoms with van der Waals surface area (Å²) in [5.41, 5.74) is 1.92. The summed E-state index contributed by atoms with van der Waals surface area (Å²) in [6.45, 7) is 3.07. The van der Waals surface area contributed by atoms with Crippen LogP contribution in [0.5, 0.6) is 0 Å². The van der Waals surface area contributed by atoms with Crippen LogP contribution in [0.3, 0.4) is 0 Å². The molecule has 3 rings (SSSR count).